The number of carbonyl (C=O) groups excluding carboxylic acids is 1. The van der Waals surface area contributed by atoms with Gasteiger partial charge in [-0.15, -0.1) is 0 Å². The fraction of sp³-hybridized carbons (Fsp3) is 0.0625. The van der Waals surface area contributed by atoms with Gasteiger partial charge in [-0.25, -0.2) is 9.78 Å². The second-order valence-corrected chi connectivity index (χ2v) is 6.98. The fourth-order valence-electron chi connectivity index (χ4n) is 2.09. The molecule has 0 aliphatic heterocycles. The predicted octanol–water partition coefficient (Wildman–Crippen LogP) is 4.15. The van der Waals surface area contributed by atoms with Crippen LogP contribution in [0.4, 0.5) is 23.3 Å². The van der Waals surface area contributed by atoms with Gasteiger partial charge in [0, 0.05) is 10.7 Å². The molecule has 0 amide bonds. The first kappa shape index (κ1) is 21.1. The summed E-state index contributed by atoms with van der Waals surface area (Å²) in [4.78, 5) is 28.1. The second kappa shape index (κ2) is 8.83. The lowest BCUT2D eigenvalue weighted by Crippen LogP contribution is -2.13. The van der Waals surface area contributed by atoms with Crippen LogP contribution in [0.25, 0.3) is 0 Å². The monoisotopic (exact) mass is 473 g/mol. The van der Waals surface area contributed by atoms with Crippen LogP contribution in [0.2, 0.25) is 20.2 Å². The van der Waals surface area contributed by atoms with Gasteiger partial charge >= 0.3 is 5.97 Å². The van der Waals surface area contributed by atoms with Crippen molar-refractivity contribution in [2.75, 3.05) is 16.8 Å². The normalized spacial score (nSPS) is 10.6. The largest absolute Gasteiger partial charge is 0.453 e. The highest BCUT2D eigenvalue weighted by molar-refractivity contribution is 6.46. The van der Waals surface area contributed by atoms with Gasteiger partial charge in [0.25, 0.3) is 0 Å². The molecule has 3 aromatic rings. The topological polar surface area (TPSA) is 142 Å². The number of nitrogens with one attached hydrogen (secondary N) is 1. The lowest BCUT2D eigenvalue weighted by atomic mass is 10.3. The quantitative estimate of drug-likeness (QED) is 0.367. The van der Waals surface area contributed by atoms with Crippen LogP contribution in [0.15, 0.2) is 24.3 Å². The lowest BCUT2D eigenvalue weighted by Gasteiger charge is -2.10. The number of aromatic nitrogens is 4. The third-order valence-electron chi connectivity index (χ3n) is 3.40. The Bertz CT molecular complexity index is 1080. The number of esters is 1. The summed E-state index contributed by atoms with van der Waals surface area (Å²) in [7, 11) is 0. The molecule has 1 aromatic carbocycles. The Labute approximate surface area is 184 Å². The van der Waals surface area contributed by atoms with Crippen LogP contribution in [-0.2, 0) is 11.3 Å². The molecule has 0 saturated carbocycles. The van der Waals surface area contributed by atoms with Crippen molar-refractivity contribution < 1.29 is 9.53 Å². The summed E-state index contributed by atoms with van der Waals surface area (Å²) in [5.74, 6) is -0.726. The number of nitrogen functional groups attached to an aromatic ring is 2. The molecule has 0 atom stereocenters. The SMILES string of the molecule is Nc1nc(COC(=O)c2nc(Cl)c(Cl)c(N)c2Cl)nc(Nc2ccc(Cl)cc2)n1. The molecule has 29 heavy (non-hydrogen) atoms. The maximum absolute atomic E-state index is 12.3. The van der Waals surface area contributed by atoms with Crippen molar-refractivity contribution in [1.29, 1.82) is 0 Å². The van der Waals surface area contributed by atoms with E-state index in [4.69, 9.17) is 62.6 Å². The minimum Gasteiger partial charge on any atom is -0.453 e. The standard InChI is InChI=1S/C16H11Cl4N7O2/c17-6-1-3-7(4-2-6)23-16-25-8(24-15(22)27-16)5-29-14(28)12-9(18)11(21)10(19)13(20)26-12/h1-4H,5H2,(H2,21,26)(H3,22,23,24,25,27). The first-order chi connectivity index (χ1) is 13.7. The number of carbonyl (C=O) groups is 1. The number of halogens is 4. The molecule has 2 aromatic heterocycles. The molecule has 150 valence electrons. The molecule has 0 bridgehead atoms. The molecule has 5 N–H and O–H groups in total. The van der Waals surface area contributed by atoms with E-state index in [2.05, 4.69) is 25.3 Å². The predicted molar refractivity (Wildman–Crippen MR) is 112 cm³/mol. The number of nitrogens with two attached hydrogens (primary N) is 2. The molecule has 0 unspecified atom stereocenters. The third-order valence-corrected chi connectivity index (χ3v) is 4.78. The molecule has 0 aliphatic carbocycles. The fourth-order valence-corrected chi connectivity index (χ4v) is 2.80. The highest BCUT2D eigenvalue weighted by atomic mass is 35.5. The van der Waals surface area contributed by atoms with Crippen molar-refractivity contribution in [2.45, 2.75) is 6.61 Å². The van der Waals surface area contributed by atoms with Crippen molar-refractivity contribution in [1.82, 2.24) is 19.9 Å². The van der Waals surface area contributed by atoms with Crippen LogP contribution < -0.4 is 16.8 Å². The molecule has 13 heteroatoms. The molecule has 0 spiro atoms. The highest BCUT2D eigenvalue weighted by Crippen LogP contribution is 2.34. The Morgan fingerprint density at radius 1 is 0.966 bits per heavy atom. The van der Waals surface area contributed by atoms with E-state index in [1.807, 2.05) is 0 Å². The highest BCUT2D eigenvalue weighted by Gasteiger charge is 2.21. The van der Waals surface area contributed by atoms with Crippen LogP contribution in [-0.4, -0.2) is 25.9 Å². The first-order valence-corrected chi connectivity index (χ1v) is 9.26. The zero-order chi connectivity index (χ0) is 21.1. The Hall–Kier alpha value is -2.59. The molecule has 3 rings (SSSR count). The summed E-state index contributed by atoms with van der Waals surface area (Å²) in [5, 5.41) is 3.10. The lowest BCUT2D eigenvalue weighted by molar-refractivity contribution is 0.0455. The molecule has 0 saturated heterocycles. The van der Waals surface area contributed by atoms with Crippen LogP contribution in [0.3, 0.4) is 0 Å². The summed E-state index contributed by atoms with van der Waals surface area (Å²) in [6.07, 6.45) is 0. The smallest absolute Gasteiger partial charge is 0.359 e. The first-order valence-electron chi connectivity index (χ1n) is 7.74. The van der Waals surface area contributed by atoms with E-state index in [9.17, 15) is 4.79 Å². The van der Waals surface area contributed by atoms with Gasteiger partial charge < -0.3 is 21.5 Å². The molecular weight excluding hydrogens is 464 g/mol. The third kappa shape index (κ3) is 5.07. The molecule has 9 nitrogen and oxygen atoms in total. The van der Waals surface area contributed by atoms with Gasteiger partial charge in [-0.1, -0.05) is 46.4 Å². The number of hydrogen-bond acceptors (Lipinski definition) is 9. The number of nitrogens with zero attached hydrogens (tertiary/aromatic N) is 4. The summed E-state index contributed by atoms with van der Waals surface area (Å²) >= 11 is 23.5. The number of hydrogen-bond donors (Lipinski definition) is 3. The van der Waals surface area contributed by atoms with Crippen molar-refractivity contribution in [2.24, 2.45) is 0 Å². The Morgan fingerprint density at radius 2 is 1.66 bits per heavy atom. The van der Waals surface area contributed by atoms with E-state index in [-0.39, 0.29) is 50.9 Å². The average Bonchev–Trinajstić information content (AvgIpc) is 2.68. The van der Waals surface area contributed by atoms with E-state index in [0.717, 1.165) is 0 Å². The molecule has 0 fully saturated rings. The summed E-state index contributed by atoms with van der Waals surface area (Å²) in [6.45, 7) is -0.334. The zero-order valence-corrected chi connectivity index (χ0v) is 17.3. The summed E-state index contributed by atoms with van der Waals surface area (Å²) in [6, 6.07) is 6.84. The van der Waals surface area contributed by atoms with Crippen molar-refractivity contribution in [3.8, 4) is 0 Å². The Kier molecular flexibility index (Phi) is 6.43. The van der Waals surface area contributed by atoms with Gasteiger partial charge in [0.1, 0.15) is 5.02 Å². The van der Waals surface area contributed by atoms with E-state index in [0.29, 0.717) is 10.7 Å². The number of anilines is 4. The molecule has 2 heterocycles. The van der Waals surface area contributed by atoms with Gasteiger partial charge in [0.05, 0.1) is 10.7 Å². The Balaban J connectivity index is 1.75. The number of pyridine rings is 1. The van der Waals surface area contributed by atoms with E-state index >= 15 is 0 Å². The second-order valence-electron chi connectivity index (χ2n) is 5.43. The Morgan fingerprint density at radius 3 is 2.34 bits per heavy atom. The van der Waals surface area contributed by atoms with E-state index in [1.54, 1.807) is 24.3 Å². The van der Waals surface area contributed by atoms with Gasteiger partial charge in [-0.05, 0) is 24.3 Å². The molecule has 0 radical (unpaired) electrons. The minimum atomic E-state index is -0.897. The summed E-state index contributed by atoms with van der Waals surface area (Å²) < 4.78 is 5.12. The van der Waals surface area contributed by atoms with Gasteiger partial charge in [0.2, 0.25) is 11.9 Å². The van der Waals surface area contributed by atoms with Crippen LogP contribution >= 0.6 is 46.4 Å². The van der Waals surface area contributed by atoms with Crippen molar-refractivity contribution >= 4 is 75.6 Å². The van der Waals surface area contributed by atoms with Crippen LogP contribution in [0.5, 0.6) is 0 Å². The van der Waals surface area contributed by atoms with E-state index in [1.165, 1.54) is 0 Å². The van der Waals surface area contributed by atoms with Crippen molar-refractivity contribution in [3.63, 3.8) is 0 Å². The molecular formula is C16H11Cl4N7O2. The van der Waals surface area contributed by atoms with Crippen LogP contribution in [0.1, 0.15) is 16.3 Å². The maximum atomic E-state index is 12.3. The summed E-state index contributed by atoms with van der Waals surface area (Å²) in [5.41, 5.74) is 11.7. The number of rotatable bonds is 5. The minimum absolute atomic E-state index is 0.0589. The maximum Gasteiger partial charge on any atom is 0.359 e. The van der Waals surface area contributed by atoms with Crippen LogP contribution in [0, 0.1) is 0 Å². The molecule has 0 aliphatic rings. The average molecular weight is 475 g/mol. The van der Waals surface area contributed by atoms with Gasteiger partial charge in [-0.2, -0.15) is 15.0 Å². The van der Waals surface area contributed by atoms with Gasteiger partial charge in [0.15, 0.2) is 23.3 Å². The zero-order valence-electron chi connectivity index (χ0n) is 14.3. The van der Waals surface area contributed by atoms with E-state index < -0.39 is 5.97 Å². The van der Waals surface area contributed by atoms with Gasteiger partial charge in [-0.3, -0.25) is 0 Å². The number of benzene rings is 1. The van der Waals surface area contributed by atoms with Crippen molar-refractivity contribution in [3.05, 3.63) is 56.0 Å². The number of ether oxygens (including phenoxy) is 1.